The second-order valence-corrected chi connectivity index (χ2v) is 3.87. The van der Waals surface area contributed by atoms with Crippen molar-refractivity contribution in [3.8, 4) is 0 Å². The van der Waals surface area contributed by atoms with E-state index < -0.39 is 0 Å². The van der Waals surface area contributed by atoms with E-state index in [9.17, 15) is 4.79 Å². The summed E-state index contributed by atoms with van der Waals surface area (Å²) in [4.78, 5) is 11.5. The summed E-state index contributed by atoms with van der Waals surface area (Å²) in [6.45, 7) is 1.69. The molecule has 0 spiro atoms. The lowest BCUT2D eigenvalue weighted by Crippen LogP contribution is -2.28. The van der Waals surface area contributed by atoms with Crippen LogP contribution in [0.3, 0.4) is 0 Å². The first-order chi connectivity index (χ1) is 8.22. The molecule has 6 nitrogen and oxygen atoms in total. The zero-order valence-electron chi connectivity index (χ0n) is 10.2. The van der Waals surface area contributed by atoms with Crippen molar-refractivity contribution in [2.24, 2.45) is 0 Å². The molecule has 0 radical (unpaired) electrons. The molecule has 1 rings (SSSR count). The largest absolute Gasteiger partial charge is 0.396 e. The Balaban J connectivity index is 2.05. The Kier molecular flexibility index (Phi) is 6.09. The van der Waals surface area contributed by atoms with Crippen LogP contribution in [-0.2, 0) is 16.1 Å². The normalized spacial score (nSPS) is 10.4. The summed E-state index contributed by atoms with van der Waals surface area (Å²) >= 11 is 0. The molecule has 0 bridgehead atoms. The summed E-state index contributed by atoms with van der Waals surface area (Å²) < 4.78 is 6.46. The third-order valence-corrected chi connectivity index (χ3v) is 2.31. The molecule has 1 aromatic heterocycles. The Morgan fingerprint density at radius 3 is 3.00 bits per heavy atom. The lowest BCUT2D eigenvalue weighted by Gasteiger charge is -2.05. The molecule has 0 saturated carbocycles. The van der Waals surface area contributed by atoms with E-state index in [1.807, 2.05) is 0 Å². The van der Waals surface area contributed by atoms with E-state index in [1.165, 1.54) is 10.9 Å². The third-order valence-electron chi connectivity index (χ3n) is 2.31. The molecule has 96 valence electrons. The zero-order valence-corrected chi connectivity index (χ0v) is 10.2. The number of nitrogens with two attached hydrogens (primary N) is 1. The molecular weight excluding hydrogens is 220 g/mol. The number of anilines is 1. The highest BCUT2D eigenvalue weighted by atomic mass is 16.5. The molecule has 0 aromatic carbocycles. The van der Waals surface area contributed by atoms with Gasteiger partial charge in [-0.05, 0) is 19.3 Å². The van der Waals surface area contributed by atoms with Crippen molar-refractivity contribution in [1.29, 1.82) is 0 Å². The Hall–Kier alpha value is -1.56. The SMILES string of the molecule is COCCCCCNC(=O)Cn1cc(N)cn1. The number of hydrogen-bond acceptors (Lipinski definition) is 4. The van der Waals surface area contributed by atoms with Gasteiger partial charge >= 0.3 is 0 Å². The number of nitrogens with one attached hydrogen (secondary N) is 1. The van der Waals surface area contributed by atoms with Crippen LogP contribution in [0.2, 0.25) is 0 Å². The van der Waals surface area contributed by atoms with Crippen molar-refractivity contribution in [1.82, 2.24) is 15.1 Å². The molecular formula is C11H20N4O2. The second kappa shape index (κ2) is 7.67. The maximum absolute atomic E-state index is 11.5. The van der Waals surface area contributed by atoms with Crippen LogP contribution in [0.5, 0.6) is 0 Å². The summed E-state index contributed by atoms with van der Waals surface area (Å²) in [7, 11) is 1.69. The monoisotopic (exact) mass is 240 g/mol. The van der Waals surface area contributed by atoms with Gasteiger partial charge in [0.2, 0.25) is 5.91 Å². The molecule has 0 unspecified atom stereocenters. The number of nitrogen functional groups attached to an aromatic ring is 1. The van der Waals surface area contributed by atoms with Gasteiger partial charge in [-0.1, -0.05) is 0 Å². The average molecular weight is 240 g/mol. The lowest BCUT2D eigenvalue weighted by molar-refractivity contribution is -0.121. The molecule has 1 amide bonds. The minimum atomic E-state index is -0.0418. The number of unbranched alkanes of at least 4 members (excludes halogenated alkanes) is 2. The van der Waals surface area contributed by atoms with Gasteiger partial charge in [0, 0.05) is 26.5 Å². The fraction of sp³-hybridized carbons (Fsp3) is 0.636. The van der Waals surface area contributed by atoms with E-state index in [0.717, 1.165) is 25.9 Å². The predicted octanol–water partition coefficient (Wildman–Crippen LogP) is 0.398. The Morgan fingerprint density at radius 1 is 1.53 bits per heavy atom. The zero-order chi connectivity index (χ0) is 12.5. The number of methoxy groups -OCH3 is 1. The summed E-state index contributed by atoms with van der Waals surface area (Å²) in [5.74, 6) is -0.0418. The minimum absolute atomic E-state index is 0.0418. The molecule has 6 heteroatoms. The van der Waals surface area contributed by atoms with Crippen LogP contribution in [0.15, 0.2) is 12.4 Å². The number of hydrogen-bond donors (Lipinski definition) is 2. The van der Waals surface area contributed by atoms with Crippen molar-refractivity contribution < 1.29 is 9.53 Å². The minimum Gasteiger partial charge on any atom is -0.396 e. The summed E-state index contributed by atoms with van der Waals surface area (Å²) in [6, 6.07) is 0. The average Bonchev–Trinajstić information content (AvgIpc) is 2.69. The van der Waals surface area contributed by atoms with Crippen LogP contribution in [0.25, 0.3) is 0 Å². The van der Waals surface area contributed by atoms with Crippen LogP contribution in [-0.4, -0.2) is 35.9 Å². The summed E-state index contributed by atoms with van der Waals surface area (Å²) in [5.41, 5.74) is 6.06. The fourth-order valence-electron chi connectivity index (χ4n) is 1.45. The highest BCUT2D eigenvalue weighted by Crippen LogP contribution is 1.97. The molecule has 17 heavy (non-hydrogen) atoms. The maximum Gasteiger partial charge on any atom is 0.241 e. The van der Waals surface area contributed by atoms with Gasteiger partial charge < -0.3 is 15.8 Å². The Bertz CT molecular complexity index is 338. The molecule has 0 aliphatic rings. The number of aromatic nitrogens is 2. The van der Waals surface area contributed by atoms with Crippen LogP contribution in [0, 0.1) is 0 Å². The van der Waals surface area contributed by atoms with Gasteiger partial charge in [-0.2, -0.15) is 5.10 Å². The number of amides is 1. The molecule has 0 atom stereocenters. The van der Waals surface area contributed by atoms with Crippen LogP contribution >= 0.6 is 0 Å². The highest BCUT2D eigenvalue weighted by Gasteiger charge is 2.02. The first-order valence-electron chi connectivity index (χ1n) is 5.76. The van der Waals surface area contributed by atoms with E-state index >= 15 is 0 Å². The molecule has 0 aliphatic carbocycles. The van der Waals surface area contributed by atoms with Gasteiger partial charge in [0.1, 0.15) is 6.54 Å². The standard InChI is InChI=1S/C11H20N4O2/c1-17-6-4-2-3-5-13-11(16)9-15-8-10(12)7-14-15/h7-8H,2-6,9,12H2,1H3,(H,13,16). The molecule has 3 N–H and O–H groups in total. The number of ether oxygens (including phenoxy) is 1. The molecule has 1 aromatic rings. The van der Waals surface area contributed by atoms with E-state index in [0.29, 0.717) is 12.2 Å². The number of nitrogens with zero attached hydrogens (tertiary/aromatic N) is 2. The molecule has 1 heterocycles. The second-order valence-electron chi connectivity index (χ2n) is 3.87. The van der Waals surface area contributed by atoms with Crippen molar-refractivity contribution in [3.63, 3.8) is 0 Å². The Morgan fingerprint density at radius 2 is 2.35 bits per heavy atom. The Labute approximate surface area is 101 Å². The quantitative estimate of drug-likeness (QED) is 0.644. The fourth-order valence-corrected chi connectivity index (χ4v) is 1.45. The first-order valence-corrected chi connectivity index (χ1v) is 5.76. The maximum atomic E-state index is 11.5. The van der Waals surface area contributed by atoms with Gasteiger partial charge in [-0.3, -0.25) is 9.48 Å². The first kappa shape index (κ1) is 13.5. The smallest absolute Gasteiger partial charge is 0.241 e. The van der Waals surface area contributed by atoms with Crippen LogP contribution in [0.4, 0.5) is 5.69 Å². The summed E-state index contributed by atoms with van der Waals surface area (Å²) in [5, 5.41) is 6.77. The molecule has 0 aliphatic heterocycles. The van der Waals surface area contributed by atoms with Crippen LogP contribution in [0.1, 0.15) is 19.3 Å². The van der Waals surface area contributed by atoms with E-state index in [-0.39, 0.29) is 12.5 Å². The number of carbonyl (C=O) groups is 1. The third kappa shape index (κ3) is 5.91. The van der Waals surface area contributed by atoms with Gasteiger partial charge in [0.05, 0.1) is 11.9 Å². The van der Waals surface area contributed by atoms with E-state index in [4.69, 9.17) is 10.5 Å². The van der Waals surface area contributed by atoms with E-state index in [2.05, 4.69) is 10.4 Å². The topological polar surface area (TPSA) is 82.2 Å². The predicted molar refractivity (Wildman–Crippen MR) is 65.4 cm³/mol. The van der Waals surface area contributed by atoms with Crippen molar-refractivity contribution in [2.45, 2.75) is 25.8 Å². The van der Waals surface area contributed by atoms with Gasteiger partial charge in [0.15, 0.2) is 0 Å². The van der Waals surface area contributed by atoms with Gasteiger partial charge in [0.25, 0.3) is 0 Å². The van der Waals surface area contributed by atoms with Crippen molar-refractivity contribution in [3.05, 3.63) is 12.4 Å². The van der Waals surface area contributed by atoms with Gasteiger partial charge in [-0.25, -0.2) is 0 Å². The van der Waals surface area contributed by atoms with E-state index in [1.54, 1.807) is 13.3 Å². The van der Waals surface area contributed by atoms with Crippen molar-refractivity contribution >= 4 is 11.6 Å². The molecule has 0 fully saturated rings. The summed E-state index contributed by atoms with van der Waals surface area (Å²) in [6.07, 6.45) is 6.22. The molecule has 0 saturated heterocycles. The highest BCUT2D eigenvalue weighted by molar-refractivity contribution is 5.75. The van der Waals surface area contributed by atoms with Crippen molar-refractivity contribution in [2.75, 3.05) is 26.0 Å². The number of rotatable bonds is 8. The van der Waals surface area contributed by atoms with Gasteiger partial charge in [-0.15, -0.1) is 0 Å². The number of carbonyl (C=O) groups excluding carboxylic acids is 1. The lowest BCUT2D eigenvalue weighted by atomic mass is 10.2. The van der Waals surface area contributed by atoms with Crippen LogP contribution < -0.4 is 11.1 Å².